The number of amides is 3. The Kier molecular flexibility index (Phi) is 4.54. The zero-order valence-corrected chi connectivity index (χ0v) is 15.6. The number of methoxy groups -OCH3 is 1. The summed E-state index contributed by atoms with van der Waals surface area (Å²) in [7, 11) is 1.49. The zero-order valence-electron chi connectivity index (χ0n) is 15.6. The van der Waals surface area contributed by atoms with E-state index in [1.54, 1.807) is 24.4 Å². The molecule has 2 aromatic carbocycles. The van der Waals surface area contributed by atoms with Gasteiger partial charge in [0.15, 0.2) is 5.88 Å². The third-order valence-electron chi connectivity index (χ3n) is 4.76. The molecule has 3 N–H and O–H groups in total. The molecular formula is C21H15F2N3O4. The number of benzene rings is 2. The number of aromatic nitrogens is 1. The van der Waals surface area contributed by atoms with Crippen LogP contribution in [-0.2, 0) is 11.3 Å². The summed E-state index contributed by atoms with van der Waals surface area (Å²) in [5.74, 6) is 3.02. The highest BCUT2D eigenvalue weighted by Crippen LogP contribution is 2.32. The van der Waals surface area contributed by atoms with Crippen molar-refractivity contribution in [2.45, 2.75) is 12.1 Å². The molecule has 1 saturated heterocycles. The van der Waals surface area contributed by atoms with Gasteiger partial charge in [0.1, 0.15) is 17.4 Å². The predicted molar refractivity (Wildman–Crippen MR) is 103 cm³/mol. The van der Waals surface area contributed by atoms with Crippen LogP contribution in [0.15, 0.2) is 42.6 Å². The topological polar surface area (TPSA) is 92.6 Å². The van der Waals surface area contributed by atoms with Crippen LogP contribution in [0.2, 0.25) is 0 Å². The minimum atomic E-state index is -1.77. The second-order valence-electron chi connectivity index (χ2n) is 6.72. The molecule has 1 fully saturated rings. The lowest BCUT2D eigenvalue weighted by Crippen LogP contribution is -2.49. The molecule has 9 heteroatoms. The molecule has 4 rings (SSSR count). The quantitative estimate of drug-likeness (QED) is 0.455. The molecule has 1 unspecified atom stereocenters. The first kappa shape index (κ1) is 19.3. The van der Waals surface area contributed by atoms with Gasteiger partial charge >= 0.3 is 6.03 Å². The molecule has 3 aromatic rings. The van der Waals surface area contributed by atoms with E-state index in [2.05, 4.69) is 22.5 Å². The van der Waals surface area contributed by atoms with Crippen LogP contribution in [0.1, 0.15) is 5.56 Å². The first-order chi connectivity index (χ1) is 14.3. The third kappa shape index (κ3) is 3.28. The van der Waals surface area contributed by atoms with Gasteiger partial charge in [0.05, 0.1) is 19.2 Å². The van der Waals surface area contributed by atoms with Crippen LogP contribution < -0.4 is 15.4 Å². The molecule has 1 aliphatic rings. The van der Waals surface area contributed by atoms with Crippen molar-refractivity contribution in [3.63, 3.8) is 0 Å². The van der Waals surface area contributed by atoms with Gasteiger partial charge in [0, 0.05) is 23.0 Å². The zero-order chi connectivity index (χ0) is 21.5. The van der Waals surface area contributed by atoms with Crippen molar-refractivity contribution in [3.8, 4) is 23.5 Å². The Morgan fingerprint density at radius 2 is 2.00 bits per heavy atom. The van der Waals surface area contributed by atoms with Gasteiger partial charge in [-0.2, -0.15) is 0 Å². The Bertz CT molecular complexity index is 1260. The van der Waals surface area contributed by atoms with Gasteiger partial charge in [-0.1, -0.05) is 11.8 Å². The first-order valence-electron chi connectivity index (χ1n) is 8.79. The van der Waals surface area contributed by atoms with Crippen molar-refractivity contribution in [1.29, 1.82) is 0 Å². The summed E-state index contributed by atoms with van der Waals surface area (Å²) in [6.45, 7) is -0.247. The number of carbonyl (C=O) groups excluding carboxylic acids is 2. The normalized spacial score (nSPS) is 18.0. The van der Waals surface area contributed by atoms with E-state index in [0.29, 0.717) is 22.6 Å². The van der Waals surface area contributed by atoms with Gasteiger partial charge in [-0.25, -0.2) is 13.6 Å². The van der Waals surface area contributed by atoms with Crippen molar-refractivity contribution in [1.82, 2.24) is 15.2 Å². The Morgan fingerprint density at radius 1 is 1.20 bits per heavy atom. The number of rotatable bonds is 3. The van der Waals surface area contributed by atoms with E-state index in [1.807, 2.05) is 0 Å². The van der Waals surface area contributed by atoms with Gasteiger partial charge in [-0.15, -0.1) is 0 Å². The number of nitrogens with one attached hydrogen (secondary N) is 2. The van der Waals surface area contributed by atoms with Gasteiger partial charge < -0.3 is 19.7 Å². The van der Waals surface area contributed by atoms with Crippen molar-refractivity contribution >= 4 is 22.7 Å². The molecule has 1 aliphatic heterocycles. The molecular weight excluding hydrogens is 396 g/mol. The maximum Gasteiger partial charge on any atom is 0.323 e. The van der Waals surface area contributed by atoms with Gasteiger partial charge in [0.25, 0.3) is 5.91 Å². The lowest BCUT2D eigenvalue weighted by molar-refractivity contribution is -0.122. The molecule has 3 amide bonds. The Labute approximate surface area is 169 Å². The molecule has 7 nitrogen and oxygen atoms in total. The minimum Gasteiger partial charge on any atom is -0.497 e. The number of hydrogen-bond acceptors (Lipinski definition) is 4. The van der Waals surface area contributed by atoms with Gasteiger partial charge in [0.2, 0.25) is 5.54 Å². The monoisotopic (exact) mass is 411 g/mol. The number of carbonyl (C=O) groups is 2. The molecule has 1 aromatic heterocycles. The highest BCUT2D eigenvalue weighted by molar-refractivity contribution is 6.09. The van der Waals surface area contributed by atoms with E-state index in [0.717, 1.165) is 12.1 Å². The standard InChI is InChI=1S/C21H15F2N3O4/c1-30-15-5-3-13-10-26(18(27)16(13)9-15)11-21(19(28)24-20(29)25-21)7-6-12-2-4-14(22)8-17(12)23/h2-5,8-10,27H,11H2,1H3,(H2,24,25,28,29). The van der Waals surface area contributed by atoms with E-state index in [1.165, 1.54) is 11.7 Å². The fourth-order valence-corrected chi connectivity index (χ4v) is 3.22. The molecule has 152 valence electrons. The smallest absolute Gasteiger partial charge is 0.323 e. The molecule has 0 spiro atoms. The summed E-state index contributed by atoms with van der Waals surface area (Å²) < 4.78 is 33.6. The van der Waals surface area contributed by atoms with Crippen LogP contribution in [0.25, 0.3) is 10.8 Å². The summed E-state index contributed by atoms with van der Waals surface area (Å²) in [6, 6.07) is 7.13. The SMILES string of the molecule is COc1ccc2cn(CC3(C#Cc4ccc(F)cc4F)NC(=O)NC3=O)c(O)c2c1. The number of ether oxygens (including phenoxy) is 1. The first-order valence-corrected chi connectivity index (χ1v) is 8.79. The maximum atomic E-state index is 13.9. The van der Waals surface area contributed by atoms with Crippen LogP contribution >= 0.6 is 0 Å². The van der Waals surface area contributed by atoms with Crippen LogP contribution in [-0.4, -0.2) is 34.3 Å². The van der Waals surface area contributed by atoms with E-state index in [4.69, 9.17) is 4.74 Å². The van der Waals surface area contributed by atoms with Crippen molar-refractivity contribution in [2.24, 2.45) is 0 Å². The number of aromatic hydroxyl groups is 1. The number of halogens is 2. The van der Waals surface area contributed by atoms with Crippen LogP contribution in [0.3, 0.4) is 0 Å². The second kappa shape index (κ2) is 7.08. The number of imide groups is 1. The van der Waals surface area contributed by atoms with E-state index >= 15 is 0 Å². The van der Waals surface area contributed by atoms with Crippen LogP contribution in [0, 0.1) is 23.5 Å². The van der Waals surface area contributed by atoms with E-state index in [9.17, 15) is 23.5 Å². The summed E-state index contributed by atoms with van der Waals surface area (Å²) in [5, 5.41) is 16.3. The highest BCUT2D eigenvalue weighted by Gasteiger charge is 2.46. The summed E-state index contributed by atoms with van der Waals surface area (Å²) in [5.41, 5.74) is -1.91. The highest BCUT2D eigenvalue weighted by atomic mass is 19.1. The summed E-state index contributed by atoms with van der Waals surface area (Å²) >= 11 is 0. The number of hydrogen-bond donors (Lipinski definition) is 3. The Hall–Kier alpha value is -4.06. The van der Waals surface area contributed by atoms with Gasteiger partial charge in [-0.3, -0.25) is 10.1 Å². The number of nitrogens with zero attached hydrogens (tertiary/aromatic N) is 1. The Morgan fingerprint density at radius 3 is 2.67 bits per heavy atom. The number of urea groups is 1. The average molecular weight is 411 g/mol. The van der Waals surface area contributed by atoms with Crippen LogP contribution in [0.4, 0.5) is 13.6 Å². The minimum absolute atomic E-state index is 0.142. The predicted octanol–water partition coefficient (Wildman–Crippen LogP) is 2.26. The fourth-order valence-electron chi connectivity index (χ4n) is 3.22. The molecule has 0 bridgehead atoms. The van der Waals surface area contributed by atoms with Gasteiger partial charge in [-0.05, 0) is 30.3 Å². The molecule has 0 radical (unpaired) electrons. The average Bonchev–Trinajstić information content (AvgIpc) is 3.16. The maximum absolute atomic E-state index is 13.9. The lowest BCUT2D eigenvalue weighted by atomic mass is 9.99. The van der Waals surface area contributed by atoms with Crippen molar-refractivity contribution in [3.05, 3.63) is 59.8 Å². The fraction of sp³-hybridized carbons (Fsp3) is 0.143. The summed E-state index contributed by atoms with van der Waals surface area (Å²) in [6.07, 6.45) is 1.59. The number of fused-ring (bicyclic) bond motifs is 1. The second-order valence-corrected chi connectivity index (χ2v) is 6.72. The molecule has 0 saturated carbocycles. The molecule has 2 heterocycles. The van der Waals surface area contributed by atoms with E-state index in [-0.39, 0.29) is 18.0 Å². The molecule has 0 aliphatic carbocycles. The molecule has 30 heavy (non-hydrogen) atoms. The van der Waals surface area contributed by atoms with Crippen molar-refractivity contribution < 1.29 is 28.2 Å². The van der Waals surface area contributed by atoms with Crippen molar-refractivity contribution in [2.75, 3.05) is 7.11 Å². The summed E-state index contributed by atoms with van der Waals surface area (Å²) in [4.78, 5) is 24.3. The van der Waals surface area contributed by atoms with Crippen LogP contribution in [0.5, 0.6) is 11.6 Å². The van der Waals surface area contributed by atoms with E-state index < -0.39 is 29.1 Å². The largest absolute Gasteiger partial charge is 0.497 e. The Balaban J connectivity index is 1.77. The molecule has 1 atom stereocenters. The third-order valence-corrected chi connectivity index (χ3v) is 4.76. The lowest BCUT2D eigenvalue weighted by Gasteiger charge is -2.20.